The van der Waals surface area contributed by atoms with E-state index in [1.165, 1.54) is 0 Å². The highest BCUT2D eigenvalue weighted by Gasteiger charge is 2.23. The number of rotatable bonds is 6. The van der Waals surface area contributed by atoms with Gasteiger partial charge in [-0.05, 0) is 17.5 Å². The Morgan fingerprint density at radius 1 is 1.04 bits per heavy atom. The van der Waals surface area contributed by atoms with Gasteiger partial charge in [-0.25, -0.2) is 0 Å². The molecule has 0 spiro atoms. The van der Waals surface area contributed by atoms with Crippen molar-refractivity contribution in [1.29, 1.82) is 0 Å². The minimum absolute atomic E-state index is 0.0668. The van der Waals surface area contributed by atoms with Gasteiger partial charge in [0, 0.05) is 28.8 Å². The molecule has 0 saturated heterocycles. The van der Waals surface area contributed by atoms with E-state index in [0.717, 1.165) is 12.2 Å². The lowest BCUT2D eigenvalue weighted by Gasteiger charge is -2.25. The molecule has 5 heteroatoms. The smallest absolute Gasteiger partial charge is 0.143 e. The molecule has 2 aromatic rings. The Kier molecular flexibility index (Phi) is 6.20. The van der Waals surface area contributed by atoms with Crippen molar-refractivity contribution in [3.63, 3.8) is 0 Å². The molecule has 2 aromatic carbocycles. The molecule has 0 unspecified atom stereocenters. The first-order chi connectivity index (χ1) is 11.8. The van der Waals surface area contributed by atoms with Gasteiger partial charge in [0.2, 0.25) is 0 Å². The first-order valence-corrected chi connectivity index (χ1v) is 8.57. The summed E-state index contributed by atoms with van der Waals surface area (Å²) in [6.07, 6.45) is -0.897. The minimum atomic E-state index is -0.897. The van der Waals surface area contributed by atoms with Crippen LogP contribution in [-0.2, 0) is 0 Å². The number of methoxy groups -OCH3 is 2. The van der Waals surface area contributed by atoms with Crippen molar-refractivity contribution in [2.75, 3.05) is 26.1 Å². The van der Waals surface area contributed by atoms with Crippen LogP contribution >= 0.6 is 11.6 Å². The normalized spacial score (nSPS) is 12.6. The molecule has 2 N–H and O–H groups in total. The molecule has 0 bridgehead atoms. The van der Waals surface area contributed by atoms with Gasteiger partial charge >= 0.3 is 0 Å². The molecule has 0 aromatic heterocycles. The minimum Gasteiger partial charge on any atom is -0.496 e. The molecule has 0 heterocycles. The van der Waals surface area contributed by atoms with Crippen LogP contribution in [0.5, 0.6) is 11.5 Å². The SMILES string of the molecule is COc1ccccc1[C@H](O)c1cc(Cl)cc(OC)c1NCC(C)(C)C. The van der Waals surface area contributed by atoms with E-state index >= 15 is 0 Å². The lowest BCUT2D eigenvalue weighted by atomic mass is 9.95. The Hall–Kier alpha value is -1.91. The summed E-state index contributed by atoms with van der Waals surface area (Å²) >= 11 is 6.25. The van der Waals surface area contributed by atoms with E-state index in [2.05, 4.69) is 26.1 Å². The fourth-order valence-electron chi connectivity index (χ4n) is 2.58. The Morgan fingerprint density at radius 2 is 1.68 bits per heavy atom. The molecule has 4 nitrogen and oxygen atoms in total. The first-order valence-electron chi connectivity index (χ1n) is 8.19. The third-order valence-electron chi connectivity index (χ3n) is 3.84. The summed E-state index contributed by atoms with van der Waals surface area (Å²) < 4.78 is 10.9. The predicted octanol–water partition coefficient (Wildman–Crippen LogP) is 4.90. The molecule has 1 atom stereocenters. The van der Waals surface area contributed by atoms with E-state index < -0.39 is 6.10 Å². The van der Waals surface area contributed by atoms with Crippen LogP contribution in [0.1, 0.15) is 38.0 Å². The van der Waals surface area contributed by atoms with Crippen LogP contribution in [0.3, 0.4) is 0 Å². The monoisotopic (exact) mass is 363 g/mol. The van der Waals surface area contributed by atoms with Crippen LogP contribution in [0, 0.1) is 5.41 Å². The number of nitrogens with one attached hydrogen (secondary N) is 1. The largest absolute Gasteiger partial charge is 0.496 e. The number of aliphatic hydroxyl groups is 1. The predicted molar refractivity (Wildman–Crippen MR) is 103 cm³/mol. The van der Waals surface area contributed by atoms with Gasteiger partial charge in [0.1, 0.15) is 17.6 Å². The lowest BCUT2D eigenvalue weighted by molar-refractivity contribution is 0.215. The molecule has 0 aliphatic heterocycles. The number of halogens is 1. The van der Waals surface area contributed by atoms with Gasteiger partial charge in [0.15, 0.2) is 0 Å². The van der Waals surface area contributed by atoms with Crippen LogP contribution in [-0.4, -0.2) is 25.9 Å². The second-order valence-electron chi connectivity index (χ2n) is 7.13. The fourth-order valence-corrected chi connectivity index (χ4v) is 2.80. The van der Waals surface area contributed by atoms with E-state index in [0.29, 0.717) is 27.6 Å². The van der Waals surface area contributed by atoms with Crippen LogP contribution < -0.4 is 14.8 Å². The average Bonchev–Trinajstić information content (AvgIpc) is 2.58. The van der Waals surface area contributed by atoms with Crippen molar-refractivity contribution in [2.45, 2.75) is 26.9 Å². The quantitative estimate of drug-likeness (QED) is 0.766. The molecule has 0 saturated carbocycles. The highest BCUT2D eigenvalue weighted by atomic mass is 35.5. The van der Waals surface area contributed by atoms with Crippen molar-refractivity contribution in [3.8, 4) is 11.5 Å². The van der Waals surface area contributed by atoms with Crippen molar-refractivity contribution < 1.29 is 14.6 Å². The highest BCUT2D eigenvalue weighted by Crippen LogP contribution is 2.40. The topological polar surface area (TPSA) is 50.7 Å². The summed E-state index contributed by atoms with van der Waals surface area (Å²) in [5.74, 6) is 1.22. The summed E-state index contributed by atoms with van der Waals surface area (Å²) in [6, 6.07) is 10.9. The Bertz CT molecular complexity index is 725. The third kappa shape index (κ3) is 4.80. The second-order valence-corrected chi connectivity index (χ2v) is 7.57. The van der Waals surface area contributed by atoms with E-state index in [1.54, 1.807) is 26.4 Å². The van der Waals surface area contributed by atoms with Gasteiger partial charge < -0.3 is 19.9 Å². The molecular weight excluding hydrogens is 338 g/mol. The van der Waals surface area contributed by atoms with Gasteiger partial charge in [0.25, 0.3) is 0 Å². The van der Waals surface area contributed by atoms with Gasteiger partial charge in [0.05, 0.1) is 19.9 Å². The van der Waals surface area contributed by atoms with E-state index in [1.807, 2.05) is 24.3 Å². The molecule has 136 valence electrons. The zero-order valence-corrected chi connectivity index (χ0v) is 16.1. The molecular formula is C20H26ClNO3. The van der Waals surface area contributed by atoms with Crippen LogP contribution in [0.25, 0.3) is 0 Å². The van der Waals surface area contributed by atoms with E-state index in [9.17, 15) is 5.11 Å². The van der Waals surface area contributed by atoms with Crippen LogP contribution in [0.15, 0.2) is 36.4 Å². The maximum atomic E-state index is 11.0. The zero-order chi connectivity index (χ0) is 18.6. The molecule has 0 aliphatic carbocycles. The molecule has 25 heavy (non-hydrogen) atoms. The number of ether oxygens (including phenoxy) is 2. The lowest BCUT2D eigenvalue weighted by Crippen LogP contribution is -2.20. The molecule has 0 fully saturated rings. The maximum absolute atomic E-state index is 11.0. The van der Waals surface area contributed by atoms with Crippen LogP contribution in [0.2, 0.25) is 5.02 Å². The number of anilines is 1. The number of benzene rings is 2. The fraction of sp³-hybridized carbons (Fsp3) is 0.400. The summed E-state index contributed by atoms with van der Waals surface area (Å²) in [6.45, 7) is 7.13. The second kappa shape index (κ2) is 7.98. The van der Waals surface area contributed by atoms with Gasteiger partial charge in [-0.3, -0.25) is 0 Å². The molecule has 0 amide bonds. The Morgan fingerprint density at radius 3 is 2.28 bits per heavy atom. The number of hydrogen-bond acceptors (Lipinski definition) is 4. The van der Waals surface area contributed by atoms with Crippen molar-refractivity contribution in [3.05, 3.63) is 52.5 Å². The highest BCUT2D eigenvalue weighted by molar-refractivity contribution is 6.31. The molecule has 0 aliphatic rings. The van der Waals surface area contributed by atoms with Crippen molar-refractivity contribution in [2.24, 2.45) is 5.41 Å². The molecule has 2 rings (SSSR count). The average molecular weight is 364 g/mol. The van der Waals surface area contributed by atoms with Gasteiger partial charge in [-0.2, -0.15) is 0 Å². The van der Waals surface area contributed by atoms with E-state index in [-0.39, 0.29) is 5.41 Å². The number of aliphatic hydroxyl groups excluding tert-OH is 1. The number of hydrogen-bond donors (Lipinski definition) is 2. The molecule has 0 radical (unpaired) electrons. The van der Waals surface area contributed by atoms with Gasteiger partial charge in [-0.15, -0.1) is 0 Å². The summed E-state index contributed by atoms with van der Waals surface area (Å²) in [7, 11) is 3.18. The van der Waals surface area contributed by atoms with E-state index in [4.69, 9.17) is 21.1 Å². The van der Waals surface area contributed by atoms with Crippen molar-refractivity contribution in [1.82, 2.24) is 0 Å². The van der Waals surface area contributed by atoms with Gasteiger partial charge in [-0.1, -0.05) is 50.6 Å². The van der Waals surface area contributed by atoms with Crippen molar-refractivity contribution >= 4 is 17.3 Å². The summed E-state index contributed by atoms with van der Waals surface area (Å²) in [5, 5.41) is 14.9. The summed E-state index contributed by atoms with van der Waals surface area (Å²) in [4.78, 5) is 0. The van der Waals surface area contributed by atoms with Crippen LogP contribution in [0.4, 0.5) is 5.69 Å². The number of para-hydroxylation sites is 1. The standard InChI is InChI=1S/C20H26ClNO3/c1-20(2,3)12-22-18-15(10-13(21)11-17(18)25-5)19(23)14-8-6-7-9-16(14)24-4/h6-11,19,22-23H,12H2,1-5H3/t19-/m0/s1. The zero-order valence-electron chi connectivity index (χ0n) is 15.4. The third-order valence-corrected chi connectivity index (χ3v) is 4.06. The maximum Gasteiger partial charge on any atom is 0.143 e. The first kappa shape index (κ1) is 19.4. The Labute approximate surface area is 154 Å². The summed E-state index contributed by atoms with van der Waals surface area (Å²) in [5.41, 5.74) is 2.13. The Balaban J connectivity index is 2.52.